The lowest BCUT2D eigenvalue weighted by Gasteiger charge is -2.30. The molecule has 1 aliphatic rings. The van der Waals surface area contributed by atoms with Crippen molar-refractivity contribution in [3.8, 4) is 0 Å². The highest BCUT2D eigenvalue weighted by molar-refractivity contribution is 9.10. The summed E-state index contributed by atoms with van der Waals surface area (Å²) in [7, 11) is 0. The molecule has 7 heteroatoms. The van der Waals surface area contributed by atoms with Crippen LogP contribution in [-0.2, 0) is 11.2 Å². The number of nitrogens with zero attached hydrogens (tertiary/aromatic N) is 2. The Labute approximate surface area is 175 Å². The monoisotopic (exact) mass is 448 g/mol. The fourth-order valence-corrected chi connectivity index (χ4v) is 4.08. The maximum atomic E-state index is 11.9. The number of hydrogen-bond donors (Lipinski definition) is 2. The fourth-order valence-electron chi connectivity index (χ4n) is 3.56. The Hall–Kier alpha value is -1.89. The smallest absolute Gasteiger partial charge is 0.407 e. The molecule has 0 unspecified atom stereocenters. The molecule has 3 rings (SSSR count). The predicted molar refractivity (Wildman–Crippen MR) is 116 cm³/mol. The molecule has 2 N–H and O–H groups in total. The summed E-state index contributed by atoms with van der Waals surface area (Å²) in [6.07, 6.45) is 6.22. The Morgan fingerprint density at radius 2 is 1.89 bits per heavy atom. The molecule has 0 atom stereocenters. The minimum absolute atomic E-state index is 0.162. The molecular weight excluding hydrogens is 420 g/mol. The zero-order valence-corrected chi connectivity index (χ0v) is 18.6. The van der Waals surface area contributed by atoms with Crippen molar-refractivity contribution in [1.29, 1.82) is 0 Å². The van der Waals surface area contributed by atoms with Gasteiger partial charge < -0.3 is 15.4 Å². The van der Waals surface area contributed by atoms with Crippen LogP contribution in [0, 0.1) is 0 Å². The van der Waals surface area contributed by atoms with Gasteiger partial charge in [0, 0.05) is 28.1 Å². The van der Waals surface area contributed by atoms with Gasteiger partial charge >= 0.3 is 6.09 Å². The van der Waals surface area contributed by atoms with E-state index >= 15 is 0 Å². The third kappa shape index (κ3) is 5.56. The van der Waals surface area contributed by atoms with Gasteiger partial charge in [0.25, 0.3) is 0 Å². The van der Waals surface area contributed by atoms with Crippen molar-refractivity contribution >= 4 is 38.9 Å². The molecule has 1 aromatic carbocycles. The van der Waals surface area contributed by atoms with E-state index in [2.05, 4.69) is 44.5 Å². The lowest BCUT2D eigenvalue weighted by Crippen LogP contribution is -2.42. The van der Waals surface area contributed by atoms with Gasteiger partial charge in [-0.2, -0.15) is 0 Å². The van der Waals surface area contributed by atoms with Gasteiger partial charge in [-0.3, -0.25) is 0 Å². The number of hydrogen-bond acceptors (Lipinski definition) is 5. The van der Waals surface area contributed by atoms with Crippen LogP contribution in [0.2, 0.25) is 0 Å². The lowest BCUT2D eigenvalue weighted by atomic mass is 9.91. The highest BCUT2D eigenvalue weighted by Crippen LogP contribution is 2.26. The summed E-state index contributed by atoms with van der Waals surface area (Å²) < 4.78 is 6.40. The SMILES string of the molecule is CCc1cc(Br)cc2cnc(N[C@H]3CC[C@H](NC(=O)OC(C)(C)C)CC3)nc12. The van der Waals surface area contributed by atoms with Crippen molar-refractivity contribution in [2.24, 2.45) is 0 Å². The van der Waals surface area contributed by atoms with Gasteiger partial charge in [0.2, 0.25) is 5.95 Å². The Morgan fingerprint density at radius 1 is 1.21 bits per heavy atom. The zero-order valence-electron chi connectivity index (χ0n) is 17.0. The van der Waals surface area contributed by atoms with Crippen LogP contribution in [0.1, 0.15) is 58.9 Å². The van der Waals surface area contributed by atoms with Crippen LogP contribution in [0.4, 0.5) is 10.7 Å². The fraction of sp³-hybridized carbons (Fsp3) is 0.571. The van der Waals surface area contributed by atoms with Crippen molar-refractivity contribution in [1.82, 2.24) is 15.3 Å². The summed E-state index contributed by atoms with van der Waals surface area (Å²) in [5.74, 6) is 0.674. The van der Waals surface area contributed by atoms with Crippen molar-refractivity contribution in [2.45, 2.75) is 77.5 Å². The molecule has 6 nitrogen and oxygen atoms in total. The zero-order chi connectivity index (χ0) is 20.3. The lowest BCUT2D eigenvalue weighted by molar-refractivity contribution is 0.0492. The number of rotatable bonds is 4. The number of fused-ring (bicyclic) bond motifs is 1. The van der Waals surface area contributed by atoms with E-state index in [9.17, 15) is 4.79 Å². The quantitative estimate of drug-likeness (QED) is 0.671. The summed E-state index contributed by atoms with van der Waals surface area (Å²) in [5.41, 5.74) is 1.74. The Bertz CT molecular complexity index is 842. The number of alkyl carbamates (subject to hydrolysis) is 1. The molecule has 1 aromatic heterocycles. The summed E-state index contributed by atoms with van der Waals surface area (Å²) >= 11 is 3.55. The third-order valence-corrected chi connectivity index (χ3v) is 5.35. The van der Waals surface area contributed by atoms with Crippen molar-refractivity contribution in [3.05, 3.63) is 28.4 Å². The molecule has 1 fully saturated rings. The third-order valence-electron chi connectivity index (χ3n) is 4.89. The molecule has 0 radical (unpaired) electrons. The minimum Gasteiger partial charge on any atom is -0.444 e. The first-order chi connectivity index (χ1) is 13.2. The van der Waals surface area contributed by atoms with Gasteiger partial charge in [-0.1, -0.05) is 22.9 Å². The van der Waals surface area contributed by atoms with Gasteiger partial charge in [-0.15, -0.1) is 0 Å². The van der Waals surface area contributed by atoms with E-state index in [1.807, 2.05) is 33.0 Å². The summed E-state index contributed by atoms with van der Waals surface area (Å²) in [4.78, 5) is 21.2. The van der Waals surface area contributed by atoms with Crippen LogP contribution in [-0.4, -0.2) is 33.7 Å². The first-order valence-electron chi connectivity index (χ1n) is 9.94. The maximum absolute atomic E-state index is 11.9. The van der Waals surface area contributed by atoms with Crippen LogP contribution in [0.15, 0.2) is 22.8 Å². The molecule has 1 amide bonds. The molecule has 1 heterocycles. The van der Waals surface area contributed by atoms with Gasteiger partial charge in [0.05, 0.1) is 5.52 Å². The number of anilines is 1. The van der Waals surface area contributed by atoms with Crippen LogP contribution < -0.4 is 10.6 Å². The van der Waals surface area contributed by atoms with Crippen molar-refractivity contribution in [2.75, 3.05) is 5.32 Å². The second kappa shape index (κ2) is 8.64. The van der Waals surface area contributed by atoms with E-state index in [-0.39, 0.29) is 12.1 Å². The van der Waals surface area contributed by atoms with Crippen molar-refractivity contribution < 1.29 is 9.53 Å². The molecule has 0 aliphatic heterocycles. The molecule has 0 bridgehead atoms. The van der Waals surface area contributed by atoms with Gasteiger partial charge in [-0.05, 0) is 70.6 Å². The van der Waals surface area contributed by atoms with Gasteiger partial charge in [0.15, 0.2) is 0 Å². The second-order valence-electron chi connectivity index (χ2n) is 8.39. The molecule has 152 valence electrons. The summed E-state index contributed by atoms with van der Waals surface area (Å²) in [5, 5.41) is 7.50. The van der Waals surface area contributed by atoms with Crippen LogP contribution in [0.25, 0.3) is 10.9 Å². The van der Waals surface area contributed by atoms with Crippen LogP contribution >= 0.6 is 15.9 Å². The number of ether oxygens (including phenoxy) is 1. The number of halogens is 1. The molecule has 1 saturated carbocycles. The largest absolute Gasteiger partial charge is 0.444 e. The van der Waals surface area contributed by atoms with Crippen LogP contribution in [0.3, 0.4) is 0 Å². The Morgan fingerprint density at radius 3 is 2.54 bits per heavy atom. The topological polar surface area (TPSA) is 76.1 Å². The molecule has 0 saturated heterocycles. The van der Waals surface area contributed by atoms with Crippen LogP contribution in [0.5, 0.6) is 0 Å². The number of aromatic nitrogens is 2. The van der Waals surface area contributed by atoms with E-state index in [0.717, 1.165) is 47.5 Å². The summed E-state index contributed by atoms with van der Waals surface area (Å²) in [6.45, 7) is 7.76. The average molecular weight is 449 g/mol. The number of amides is 1. The number of carbonyl (C=O) groups is 1. The normalized spacial score (nSPS) is 20.0. The highest BCUT2D eigenvalue weighted by Gasteiger charge is 2.25. The predicted octanol–water partition coefficient (Wildman–Crippen LogP) is 5.20. The molecule has 0 spiro atoms. The van der Waals surface area contributed by atoms with Gasteiger partial charge in [0.1, 0.15) is 5.60 Å². The standard InChI is InChI=1S/C21H29BrN4O2/c1-5-13-10-15(22)11-14-12-23-19(26-18(13)14)24-16-6-8-17(9-7-16)25-20(27)28-21(2,3)4/h10-12,16-17H,5-9H2,1-4H3,(H,25,27)(H,23,24,26)/t16-,17-. The maximum Gasteiger partial charge on any atom is 0.407 e. The van der Waals surface area contributed by atoms with E-state index in [4.69, 9.17) is 9.72 Å². The molecule has 1 aliphatic carbocycles. The van der Waals surface area contributed by atoms with E-state index in [1.54, 1.807) is 0 Å². The first-order valence-corrected chi connectivity index (χ1v) is 10.7. The highest BCUT2D eigenvalue weighted by atomic mass is 79.9. The van der Waals surface area contributed by atoms with Crippen molar-refractivity contribution in [3.63, 3.8) is 0 Å². The van der Waals surface area contributed by atoms with E-state index in [1.165, 1.54) is 5.56 Å². The average Bonchev–Trinajstić information content (AvgIpc) is 2.61. The first kappa shape index (κ1) is 20.8. The Kier molecular flexibility index (Phi) is 6.43. The molecule has 28 heavy (non-hydrogen) atoms. The minimum atomic E-state index is -0.469. The molecule has 2 aromatic rings. The Balaban J connectivity index is 1.57. The number of nitrogens with one attached hydrogen (secondary N) is 2. The number of carbonyl (C=O) groups excluding carboxylic acids is 1. The number of benzene rings is 1. The second-order valence-corrected chi connectivity index (χ2v) is 9.30. The molecular formula is C21H29BrN4O2. The number of aryl methyl sites for hydroxylation is 1. The summed E-state index contributed by atoms with van der Waals surface area (Å²) in [6, 6.07) is 4.64. The van der Waals surface area contributed by atoms with E-state index < -0.39 is 5.60 Å². The van der Waals surface area contributed by atoms with E-state index in [0.29, 0.717) is 12.0 Å². The van der Waals surface area contributed by atoms with Gasteiger partial charge in [-0.25, -0.2) is 14.8 Å².